The van der Waals surface area contributed by atoms with E-state index in [0.717, 1.165) is 32.0 Å². The van der Waals surface area contributed by atoms with Gasteiger partial charge in [-0.2, -0.15) is 0 Å². The molecule has 0 aromatic heterocycles. The van der Waals surface area contributed by atoms with Crippen molar-refractivity contribution in [1.29, 1.82) is 0 Å². The molecule has 180 valence electrons. The third kappa shape index (κ3) is 6.52. The molecule has 0 aliphatic carbocycles. The highest BCUT2D eigenvalue weighted by molar-refractivity contribution is 14.1. The molecule has 5 nitrogen and oxygen atoms in total. The lowest BCUT2D eigenvalue weighted by Gasteiger charge is -2.15. The minimum atomic E-state index is -0.328. The van der Waals surface area contributed by atoms with Crippen molar-refractivity contribution in [2.24, 2.45) is 0 Å². The fraction of sp³-hybridized carbons (Fsp3) is 0.154. The van der Waals surface area contributed by atoms with Crippen LogP contribution in [-0.2, 0) is 17.9 Å². The molecule has 1 heterocycles. The van der Waals surface area contributed by atoms with Crippen LogP contribution >= 0.6 is 57.6 Å². The predicted molar refractivity (Wildman–Crippen MR) is 149 cm³/mol. The summed E-state index contributed by atoms with van der Waals surface area (Å²) < 4.78 is 12.7. The molecule has 0 unspecified atom stereocenters. The van der Waals surface area contributed by atoms with E-state index in [-0.39, 0.29) is 17.7 Å². The first kappa shape index (κ1) is 25.9. The van der Waals surface area contributed by atoms with Crippen LogP contribution in [0.15, 0.2) is 65.6 Å². The summed E-state index contributed by atoms with van der Waals surface area (Å²) in [5.74, 6) is 0.862. The summed E-state index contributed by atoms with van der Waals surface area (Å²) in [6.45, 7) is 2.90. The van der Waals surface area contributed by atoms with Crippen molar-refractivity contribution in [3.05, 3.63) is 95.9 Å². The molecule has 3 aromatic carbocycles. The molecular formula is C26H20Cl2INO4S. The zero-order chi connectivity index (χ0) is 24.9. The first-order valence-corrected chi connectivity index (χ1v) is 13.3. The highest BCUT2D eigenvalue weighted by atomic mass is 127. The molecule has 4 rings (SSSR count). The first-order valence-electron chi connectivity index (χ1n) is 10.7. The molecule has 0 saturated carbocycles. The van der Waals surface area contributed by atoms with Crippen molar-refractivity contribution in [1.82, 2.24) is 4.90 Å². The first-order chi connectivity index (χ1) is 16.8. The summed E-state index contributed by atoms with van der Waals surface area (Å²) >= 11 is 15.0. The number of imide groups is 1. The van der Waals surface area contributed by atoms with E-state index in [1.54, 1.807) is 30.3 Å². The summed E-state index contributed by atoms with van der Waals surface area (Å²) in [4.78, 5) is 27.1. The number of nitrogens with zero attached hydrogens (tertiary/aromatic N) is 1. The van der Waals surface area contributed by atoms with Crippen molar-refractivity contribution >= 4 is 74.8 Å². The van der Waals surface area contributed by atoms with Gasteiger partial charge in [-0.3, -0.25) is 14.5 Å². The molecule has 1 aliphatic heterocycles. The number of hydrogen-bond donors (Lipinski definition) is 0. The molecule has 1 saturated heterocycles. The van der Waals surface area contributed by atoms with E-state index in [1.165, 1.54) is 4.90 Å². The second-order valence-corrected chi connectivity index (χ2v) is 10.6. The highest BCUT2D eigenvalue weighted by Gasteiger charge is 2.35. The molecular weight excluding hydrogens is 620 g/mol. The van der Waals surface area contributed by atoms with Gasteiger partial charge >= 0.3 is 0 Å². The summed E-state index contributed by atoms with van der Waals surface area (Å²) in [5.41, 5.74) is 2.55. The topological polar surface area (TPSA) is 55.8 Å². The Kier molecular flexibility index (Phi) is 8.64. The molecule has 0 N–H and O–H groups in total. The number of halogens is 3. The minimum absolute atomic E-state index is 0.193. The number of thioether (sulfide) groups is 1. The number of ether oxygens (including phenoxy) is 2. The second kappa shape index (κ2) is 11.7. The fourth-order valence-electron chi connectivity index (χ4n) is 3.37. The van der Waals surface area contributed by atoms with Crippen molar-refractivity contribution in [3.63, 3.8) is 0 Å². The largest absolute Gasteiger partial charge is 0.490 e. The van der Waals surface area contributed by atoms with Crippen LogP contribution < -0.4 is 9.47 Å². The van der Waals surface area contributed by atoms with Gasteiger partial charge in [0.05, 0.1) is 21.6 Å². The molecule has 1 fully saturated rings. The van der Waals surface area contributed by atoms with Gasteiger partial charge in [-0.1, -0.05) is 47.5 Å². The van der Waals surface area contributed by atoms with Gasteiger partial charge in [0.25, 0.3) is 11.1 Å². The lowest BCUT2D eigenvalue weighted by atomic mass is 10.1. The van der Waals surface area contributed by atoms with Crippen LogP contribution in [-0.4, -0.2) is 22.7 Å². The van der Waals surface area contributed by atoms with Gasteiger partial charge in [0.1, 0.15) is 6.61 Å². The van der Waals surface area contributed by atoms with Crippen LogP contribution in [0.25, 0.3) is 6.08 Å². The van der Waals surface area contributed by atoms with Crippen LogP contribution in [0.3, 0.4) is 0 Å². The monoisotopic (exact) mass is 639 g/mol. The number of rotatable bonds is 8. The summed E-state index contributed by atoms with van der Waals surface area (Å²) in [5, 5.41) is 0.960. The van der Waals surface area contributed by atoms with Gasteiger partial charge < -0.3 is 9.47 Å². The van der Waals surface area contributed by atoms with E-state index in [2.05, 4.69) is 22.6 Å². The molecule has 9 heteroatoms. The molecule has 0 radical (unpaired) electrons. The van der Waals surface area contributed by atoms with Gasteiger partial charge in [0.2, 0.25) is 0 Å². The van der Waals surface area contributed by atoms with Crippen LogP contribution in [0.2, 0.25) is 10.0 Å². The summed E-state index contributed by atoms with van der Waals surface area (Å²) in [6.07, 6.45) is 1.71. The maximum Gasteiger partial charge on any atom is 0.293 e. The van der Waals surface area contributed by atoms with Gasteiger partial charge in [-0.05, 0) is 100 Å². The van der Waals surface area contributed by atoms with Gasteiger partial charge in [0, 0.05) is 10.0 Å². The van der Waals surface area contributed by atoms with Gasteiger partial charge in [-0.25, -0.2) is 0 Å². The second-order valence-electron chi connectivity index (χ2n) is 7.57. The van der Waals surface area contributed by atoms with E-state index >= 15 is 0 Å². The molecule has 0 spiro atoms. The maximum absolute atomic E-state index is 13.0. The number of carbonyl (C=O) groups excluding carboxylic acids is 2. The van der Waals surface area contributed by atoms with E-state index in [1.807, 2.05) is 43.3 Å². The maximum atomic E-state index is 13.0. The van der Waals surface area contributed by atoms with Gasteiger partial charge in [0.15, 0.2) is 11.5 Å². The molecule has 35 heavy (non-hydrogen) atoms. The van der Waals surface area contributed by atoms with Crippen molar-refractivity contribution in [2.75, 3.05) is 6.61 Å². The Morgan fingerprint density at radius 2 is 1.57 bits per heavy atom. The van der Waals surface area contributed by atoms with E-state index in [4.69, 9.17) is 32.7 Å². The lowest BCUT2D eigenvalue weighted by molar-refractivity contribution is -0.123. The average molecular weight is 640 g/mol. The minimum Gasteiger partial charge on any atom is -0.490 e. The Morgan fingerprint density at radius 3 is 2.20 bits per heavy atom. The Bertz CT molecular complexity index is 1280. The molecule has 0 bridgehead atoms. The molecule has 1 aliphatic rings. The van der Waals surface area contributed by atoms with Crippen LogP contribution in [0.4, 0.5) is 4.79 Å². The van der Waals surface area contributed by atoms with Gasteiger partial charge in [-0.15, -0.1) is 0 Å². The van der Waals surface area contributed by atoms with E-state index in [0.29, 0.717) is 39.7 Å². The summed E-state index contributed by atoms with van der Waals surface area (Å²) in [7, 11) is 0. The Balaban J connectivity index is 1.54. The fourth-order valence-corrected chi connectivity index (χ4v) is 5.24. The average Bonchev–Trinajstić information content (AvgIpc) is 3.08. The zero-order valence-corrected chi connectivity index (χ0v) is 23.1. The predicted octanol–water partition coefficient (Wildman–Crippen LogP) is 7.81. The third-order valence-corrected chi connectivity index (χ3v) is 7.27. The molecule has 0 atom stereocenters. The third-order valence-electron chi connectivity index (χ3n) is 5.05. The van der Waals surface area contributed by atoms with Crippen molar-refractivity contribution in [2.45, 2.75) is 20.1 Å². The smallest absolute Gasteiger partial charge is 0.293 e. The molecule has 3 aromatic rings. The highest BCUT2D eigenvalue weighted by Crippen LogP contribution is 2.38. The van der Waals surface area contributed by atoms with Crippen molar-refractivity contribution < 1.29 is 19.1 Å². The Labute approximate surface area is 231 Å². The van der Waals surface area contributed by atoms with Crippen molar-refractivity contribution in [3.8, 4) is 11.5 Å². The van der Waals surface area contributed by atoms with E-state index < -0.39 is 0 Å². The number of hydrogen-bond acceptors (Lipinski definition) is 5. The lowest BCUT2D eigenvalue weighted by Crippen LogP contribution is -2.27. The van der Waals surface area contributed by atoms with Crippen LogP contribution in [0, 0.1) is 3.57 Å². The molecule has 2 amide bonds. The van der Waals surface area contributed by atoms with E-state index in [9.17, 15) is 9.59 Å². The standard InChI is InChI=1S/C26H20Cl2INO4S/c1-2-33-22-12-18(11-21(29)24(22)34-15-17-5-9-20(28)10-6-17)13-23-25(31)30(26(32)35-23)14-16-3-7-19(27)8-4-16/h3-13H,2,14-15H2,1H3/b23-13-. The zero-order valence-electron chi connectivity index (χ0n) is 18.6. The van der Waals surface area contributed by atoms with Crippen LogP contribution in [0.5, 0.6) is 11.5 Å². The number of benzene rings is 3. The normalized spacial score (nSPS) is 14.6. The SMILES string of the molecule is CCOc1cc(/C=C2\SC(=O)N(Cc3ccc(Cl)cc3)C2=O)cc(I)c1OCc1ccc(Cl)cc1. The Morgan fingerprint density at radius 1 is 0.943 bits per heavy atom. The summed E-state index contributed by atoms with van der Waals surface area (Å²) in [6, 6.07) is 18.2. The quantitative estimate of drug-likeness (QED) is 0.186. The number of carbonyl (C=O) groups is 2. The Hall–Kier alpha value is -2.20. The number of amides is 2. The van der Waals surface area contributed by atoms with Crippen LogP contribution in [0.1, 0.15) is 23.6 Å².